The van der Waals surface area contributed by atoms with Gasteiger partial charge in [0.1, 0.15) is 0 Å². The number of benzene rings is 1. The number of amides is 1. The number of carbonyl (C=O) groups is 1. The second-order valence-corrected chi connectivity index (χ2v) is 6.44. The Morgan fingerprint density at radius 1 is 1.29 bits per heavy atom. The maximum absolute atomic E-state index is 12.7. The number of nitrogens with zero attached hydrogens (tertiary/aromatic N) is 1. The molecule has 2 heterocycles. The van der Waals surface area contributed by atoms with Crippen molar-refractivity contribution < 1.29 is 4.79 Å². The quantitative estimate of drug-likeness (QED) is 0.732. The minimum Gasteiger partial charge on any atom is -0.348 e. The maximum Gasteiger partial charge on any atom is 0.272 e. The van der Waals surface area contributed by atoms with Gasteiger partial charge in [0.25, 0.3) is 5.91 Å². The van der Waals surface area contributed by atoms with E-state index in [0.717, 1.165) is 56.5 Å². The van der Waals surface area contributed by atoms with Crippen LogP contribution in [0.4, 0.5) is 0 Å². The highest BCUT2D eigenvalue weighted by atomic mass is 16.2. The fourth-order valence-electron chi connectivity index (χ4n) is 3.29. The number of fused-ring (bicyclic) bond motifs is 1. The summed E-state index contributed by atoms with van der Waals surface area (Å²) >= 11 is 0. The summed E-state index contributed by atoms with van der Waals surface area (Å²) in [5.41, 5.74) is 3.99. The lowest BCUT2D eigenvalue weighted by molar-refractivity contribution is 0.0926. The van der Waals surface area contributed by atoms with Crippen molar-refractivity contribution in [3.05, 3.63) is 52.8 Å². The minimum atomic E-state index is -0.0530. The highest BCUT2D eigenvalue weighted by Gasteiger charge is 2.23. The van der Waals surface area contributed by atoms with Gasteiger partial charge in [0.2, 0.25) is 0 Å². The molecule has 1 aliphatic heterocycles. The molecule has 24 heavy (non-hydrogen) atoms. The van der Waals surface area contributed by atoms with Crippen molar-refractivity contribution in [1.29, 1.82) is 0 Å². The summed E-state index contributed by atoms with van der Waals surface area (Å²) in [6.45, 7) is 3.81. The highest BCUT2D eigenvalue weighted by Crippen LogP contribution is 2.16. The van der Waals surface area contributed by atoms with Gasteiger partial charge < -0.3 is 10.6 Å². The number of aromatic amines is 1. The number of carbonyl (C=O) groups excluding carboxylic acids is 1. The Bertz CT molecular complexity index is 665. The molecule has 128 valence electrons. The molecule has 0 bridgehead atoms. The first-order valence-corrected chi connectivity index (χ1v) is 8.89. The van der Waals surface area contributed by atoms with Crippen LogP contribution in [0.5, 0.6) is 0 Å². The maximum atomic E-state index is 12.7. The second-order valence-electron chi connectivity index (χ2n) is 6.44. The molecule has 3 rings (SSSR count). The Morgan fingerprint density at radius 3 is 2.92 bits per heavy atom. The van der Waals surface area contributed by atoms with Crippen molar-refractivity contribution in [2.75, 3.05) is 6.54 Å². The number of aryl methyl sites for hydroxylation is 1. The lowest BCUT2D eigenvalue weighted by atomic mass is 10.0. The van der Waals surface area contributed by atoms with Crippen LogP contribution in [0.25, 0.3) is 0 Å². The number of aromatic nitrogens is 2. The van der Waals surface area contributed by atoms with Crippen LogP contribution in [-0.4, -0.2) is 28.7 Å². The van der Waals surface area contributed by atoms with Crippen molar-refractivity contribution in [1.82, 2.24) is 20.8 Å². The zero-order chi connectivity index (χ0) is 16.8. The van der Waals surface area contributed by atoms with Crippen molar-refractivity contribution in [2.45, 2.75) is 51.6 Å². The van der Waals surface area contributed by atoms with E-state index in [-0.39, 0.29) is 11.9 Å². The Balaban J connectivity index is 1.62. The minimum absolute atomic E-state index is 0.0530. The van der Waals surface area contributed by atoms with E-state index in [0.29, 0.717) is 5.69 Å². The van der Waals surface area contributed by atoms with E-state index < -0.39 is 0 Å². The fraction of sp³-hybridized carbons (Fsp3) is 0.474. The first-order valence-electron chi connectivity index (χ1n) is 8.89. The van der Waals surface area contributed by atoms with Gasteiger partial charge in [-0.05, 0) is 24.8 Å². The van der Waals surface area contributed by atoms with Gasteiger partial charge in [0.15, 0.2) is 5.69 Å². The topological polar surface area (TPSA) is 69.8 Å². The van der Waals surface area contributed by atoms with Crippen molar-refractivity contribution >= 4 is 5.91 Å². The molecule has 1 atom stereocenters. The molecule has 1 amide bonds. The Kier molecular flexibility index (Phi) is 5.64. The predicted octanol–water partition coefficient (Wildman–Crippen LogP) is 2.59. The molecular weight excluding hydrogens is 300 g/mol. The third-order valence-corrected chi connectivity index (χ3v) is 4.62. The normalized spacial score (nSPS) is 14.9. The van der Waals surface area contributed by atoms with E-state index in [1.807, 2.05) is 6.07 Å². The van der Waals surface area contributed by atoms with Crippen LogP contribution >= 0.6 is 0 Å². The van der Waals surface area contributed by atoms with Crippen LogP contribution in [0, 0.1) is 0 Å². The van der Waals surface area contributed by atoms with Gasteiger partial charge in [-0.15, -0.1) is 0 Å². The highest BCUT2D eigenvalue weighted by molar-refractivity contribution is 5.94. The van der Waals surface area contributed by atoms with E-state index >= 15 is 0 Å². The number of nitrogens with one attached hydrogen (secondary N) is 3. The number of rotatable bonds is 7. The summed E-state index contributed by atoms with van der Waals surface area (Å²) in [7, 11) is 0. The Labute approximate surface area is 143 Å². The van der Waals surface area contributed by atoms with Crippen LogP contribution in [-0.2, 0) is 19.4 Å². The van der Waals surface area contributed by atoms with E-state index in [2.05, 4.69) is 52.0 Å². The number of hydrogen-bond acceptors (Lipinski definition) is 3. The van der Waals surface area contributed by atoms with Crippen LogP contribution in [0.2, 0.25) is 0 Å². The third-order valence-electron chi connectivity index (χ3n) is 4.62. The Hall–Kier alpha value is -2.14. The second kappa shape index (κ2) is 8.11. The first-order chi connectivity index (χ1) is 11.8. The number of hydrogen-bond donors (Lipinski definition) is 3. The van der Waals surface area contributed by atoms with Crippen LogP contribution in [0.15, 0.2) is 30.3 Å². The summed E-state index contributed by atoms with van der Waals surface area (Å²) < 4.78 is 0. The molecule has 2 aromatic rings. The van der Waals surface area contributed by atoms with E-state index in [4.69, 9.17) is 0 Å². The summed E-state index contributed by atoms with van der Waals surface area (Å²) in [6.07, 6.45) is 4.88. The third kappa shape index (κ3) is 4.03. The van der Waals surface area contributed by atoms with Gasteiger partial charge >= 0.3 is 0 Å². The molecule has 5 heteroatoms. The molecule has 5 nitrogen and oxygen atoms in total. The number of H-pyrrole nitrogens is 1. The van der Waals surface area contributed by atoms with Gasteiger partial charge in [0.05, 0.1) is 0 Å². The van der Waals surface area contributed by atoms with Crippen molar-refractivity contribution in [3.8, 4) is 0 Å². The predicted molar refractivity (Wildman–Crippen MR) is 94.9 cm³/mol. The average molecular weight is 326 g/mol. The van der Waals surface area contributed by atoms with Gasteiger partial charge in [-0.1, -0.05) is 43.7 Å². The van der Waals surface area contributed by atoms with E-state index in [1.54, 1.807) is 0 Å². The summed E-state index contributed by atoms with van der Waals surface area (Å²) in [6, 6.07) is 10.6. The van der Waals surface area contributed by atoms with E-state index in [1.165, 1.54) is 5.56 Å². The molecule has 0 spiro atoms. The van der Waals surface area contributed by atoms with Crippen molar-refractivity contribution in [3.63, 3.8) is 0 Å². The summed E-state index contributed by atoms with van der Waals surface area (Å²) in [4.78, 5) is 12.7. The van der Waals surface area contributed by atoms with Gasteiger partial charge in [-0.25, -0.2) is 0 Å². The van der Waals surface area contributed by atoms with Gasteiger partial charge in [-0.2, -0.15) is 5.10 Å². The monoisotopic (exact) mass is 326 g/mol. The summed E-state index contributed by atoms with van der Waals surface area (Å²) in [5.74, 6) is -0.0530. The van der Waals surface area contributed by atoms with Crippen LogP contribution in [0.1, 0.15) is 53.5 Å². The zero-order valence-corrected chi connectivity index (χ0v) is 14.3. The van der Waals surface area contributed by atoms with Crippen LogP contribution in [0.3, 0.4) is 0 Å². The van der Waals surface area contributed by atoms with E-state index in [9.17, 15) is 4.79 Å². The molecule has 0 aliphatic carbocycles. The fourth-order valence-corrected chi connectivity index (χ4v) is 3.29. The first kappa shape index (κ1) is 16.7. The molecule has 0 fully saturated rings. The molecule has 1 aromatic carbocycles. The standard InChI is InChI=1S/C19H26N4O/c1-2-6-15(10-9-14-7-4-3-5-8-14)21-19(24)18-16-13-20-12-11-17(16)22-23-18/h3-5,7-8,15,20H,2,6,9-13H2,1H3,(H,21,24)(H,22,23). The SMILES string of the molecule is CCCC(CCc1ccccc1)NC(=O)c1n[nH]c2c1CNCC2. The molecular formula is C19H26N4O. The molecule has 1 aromatic heterocycles. The molecule has 0 radical (unpaired) electrons. The summed E-state index contributed by atoms with van der Waals surface area (Å²) in [5, 5.41) is 13.8. The van der Waals surface area contributed by atoms with Crippen LogP contribution < -0.4 is 10.6 Å². The lowest BCUT2D eigenvalue weighted by Gasteiger charge is -2.19. The van der Waals surface area contributed by atoms with Gasteiger partial charge in [0, 0.05) is 36.8 Å². The molecule has 1 unspecified atom stereocenters. The molecule has 3 N–H and O–H groups in total. The Morgan fingerprint density at radius 2 is 2.12 bits per heavy atom. The zero-order valence-electron chi connectivity index (χ0n) is 14.3. The van der Waals surface area contributed by atoms with Crippen molar-refractivity contribution in [2.24, 2.45) is 0 Å². The smallest absolute Gasteiger partial charge is 0.272 e. The average Bonchev–Trinajstić information content (AvgIpc) is 3.05. The molecule has 1 aliphatic rings. The molecule has 0 saturated heterocycles. The lowest BCUT2D eigenvalue weighted by Crippen LogP contribution is -2.36. The molecule has 0 saturated carbocycles. The largest absolute Gasteiger partial charge is 0.348 e. The van der Waals surface area contributed by atoms with Gasteiger partial charge in [-0.3, -0.25) is 9.89 Å².